The Morgan fingerprint density at radius 3 is 2.80 bits per heavy atom. The van der Waals surface area contributed by atoms with Gasteiger partial charge in [-0.25, -0.2) is 0 Å². The molecule has 1 amide bonds. The van der Waals surface area contributed by atoms with Gasteiger partial charge in [0, 0.05) is 19.2 Å². The number of carbonyl (C=O) groups excluding carboxylic acids is 1. The average molecular weight is 276 g/mol. The highest BCUT2D eigenvalue weighted by molar-refractivity contribution is 5.85. The van der Waals surface area contributed by atoms with Crippen LogP contribution >= 0.6 is 0 Å². The summed E-state index contributed by atoms with van der Waals surface area (Å²) < 4.78 is 5.34. The Hall–Kier alpha value is -1.55. The second kappa shape index (κ2) is 6.27. The van der Waals surface area contributed by atoms with E-state index in [9.17, 15) is 4.79 Å². The van der Waals surface area contributed by atoms with Gasteiger partial charge in [0.05, 0.1) is 12.6 Å². The summed E-state index contributed by atoms with van der Waals surface area (Å²) in [6.45, 7) is 3.50. The smallest absolute Gasteiger partial charge is 0.242 e. The maximum absolute atomic E-state index is 12.6. The molecule has 1 aromatic carbocycles. The first-order valence-electron chi connectivity index (χ1n) is 7.19. The van der Waals surface area contributed by atoms with E-state index in [0.29, 0.717) is 6.54 Å². The van der Waals surface area contributed by atoms with E-state index in [-0.39, 0.29) is 5.91 Å². The van der Waals surface area contributed by atoms with Crippen molar-refractivity contribution in [1.29, 1.82) is 0 Å². The zero-order valence-corrected chi connectivity index (χ0v) is 12.6. The first-order chi connectivity index (χ1) is 9.57. The van der Waals surface area contributed by atoms with Crippen molar-refractivity contribution in [1.82, 2.24) is 10.2 Å². The molecule has 1 N–H and O–H groups in total. The third kappa shape index (κ3) is 3.12. The molecule has 1 heterocycles. The van der Waals surface area contributed by atoms with Crippen molar-refractivity contribution < 1.29 is 9.53 Å². The molecule has 4 heteroatoms. The average Bonchev–Trinajstić information content (AvgIpc) is 2.47. The van der Waals surface area contributed by atoms with Crippen molar-refractivity contribution in [3.63, 3.8) is 0 Å². The largest absolute Gasteiger partial charge is 0.496 e. The summed E-state index contributed by atoms with van der Waals surface area (Å²) in [5.41, 5.74) is 0.611. The molecule has 0 saturated carbocycles. The van der Waals surface area contributed by atoms with Gasteiger partial charge in [0.2, 0.25) is 5.91 Å². The van der Waals surface area contributed by atoms with Crippen LogP contribution in [0, 0.1) is 0 Å². The molecular formula is C16H24N2O2. The number of amides is 1. The fourth-order valence-electron chi connectivity index (χ4n) is 2.82. The topological polar surface area (TPSA) is 41.6 Å². The number of nitrogens with zero attached hydrogens (tertiary/aromatic N) is 1. The lowest BCUT2D eigenvalue weighted by Crippen LogP contribution is -2.57. The van der Waals surface area contributed by atoms with E-state index >= 15 is 0 Å². The summed E-state index contributed by atoms with van der Waals surface area (Å²) >= 11 is 0. The Balaban J connectivity index is 2.07. The van der Waals surface area contributed by atoms with Crippen LogP contribution in [-0.2, 0) is 11.3 Å². The van der Waals surface area contributed by atoms with Gasteiger partial charge < -0.3 is 15.0 Å². The number of carbonyl (C=O) groups is 1. The maximum atomic E-state index is 12.6. The van der Waals surface area contributed by atoms with Crippen LogP contribution in [0.25, 0.3) is 0 Å². The molecule has 4 nitrogen and oxygen atoms in total. The van der Waals surface area contributed by atoms with E-state index in [1.807, 2.05) is 38.2 Å². The predicted molar refractivity (Wildman–Crippen MR) is 79.7 cm³/mol. The van der Waals surface area contributed by atoms with Crippen LogP contribution in [0.1, 0.15) is 31.7 Å². The van der Waals surface area contributed by atoms with Gasteiger partial charge in [0.1, 0.15) is 5.75 Å². The summed E-state index contributed by atoms with van der Waals surface area (Å²) in [6.07, 6.45) is 3.17. The molecule has 0 aromatic heterocycles. The zero-order chi connectivity index (χ0) is 14.6. The Morgan fingerprint density at radius 2 is 2.15 bits per heavy atom. The summed E-state index contributed by atoms with van der Waals surface area (Å²) in [4.78, 5) is 14.4. The number of hydrogen-bond donors (Lipinski definition) is 1. The molecule has 1 saturated heterocycles. The SMILES string of the molecule is COc1ccccc1CN(C)C(=O)C1(C)CCCCN1. The van der Waals surface area contributed by atoms with E-state index in [1.54, 1.807) is 12.0 Å². The Labute approximate surface area is 121 Å². The summed E-state index contributed by atoms with van der Waals surface area (Å²) in [5.74, 6) is 0.983. The van der Waals surface area contributed by atoms with E-state index in [2.05, 4.69) is 5.32 Å². The number of piperidine rings is 1. The van der Waals surface area contributed by atoms with Crippen LogP contribution < -0.4 is 10.1 Å². The monoisotopic (exact) mass is 276 g/mol. The van der Waals surface area contributed by atoms with E-state index in [1.165, 1.54) is 0 Å². The van der Waals surface area contributed by atoms with Crippen molar-refractivity contribution in [2.24, 2.45) is 0 Å². The minimum Gasteiger partial charge on any atom is -0.496 e. The van der Waals surface area contributed by atoms with Crippen LogP contribution in [0.4, 0.5) is 0 Å². The molecule has 0 bridgehead atoms. The van der Waals surface area contributed by atoms with Crippen LogP contribution in [0.5, 0.6) is 5.75 Å². The van der Waals surface area contributed by atoms with Gasteiger partial charge >= 0.3 is 0 Å². The lowest BCUT2D eigenvalue weighted by Gasteiger charge is -2.36. The first-order valence-corrected chi connectivity index (χ1v) is 7.19. The molecule has 0 spiro atoms. The summed E-state index contributed by atoms with van der Waals surface area (Å²) in [6, 6.07) is 7.83. The highest BCUT2D eigenvalue weighted by Gasteiger charge is 2.36. The van der Waals surface area contributed by atoms with Gasteiger partial charge in [-0.15, -0.1) is 0 Å². The zero-order valence-electron chi connectivity index (χ0n) is 12.6. The second-order valence-corrected chi connectivity index (χ2v) is 5.69. The van der Waals surface area contributed by atoms with Crippen LogP contribution in [0.2, 0.25) is 0 Å². The Bertz CT molecular complexity index is 467. The normalized spacial score (nSPS) is 22.4. The number of methoxy groups -OCH3 is 1. The van der Waals surface area contributed by atoms with Crippen molar-refractivity contribution in [2.75, 3.05) is 20.7 Å². The first kappa shape index (κ1) is 14.9. The van der Waals surface area contributed by atoms with Crippen LogP contribution in [0.15, 0.2) is 24.3 Å². The van der Waals surface area contributed by atoms with Gasteiger partial charge in [0.25, 0.3) is 0 Å². The molecule has 1 aliphatic rings. The fraction of sp³-hybridized carbons (Fsp3) is 0.562. The van der Waals surface area contributed by atoms with Crippen molar-refractivity contribution in [3.05, 3.63) is 29.8 Å². The molecule has 2 rings (SSSR count). The molecule has 110 valence electrons. The fourth-order valence-corrected chi connectivity index (χ4v) is 2.82. The molecule has 0 radical (unpaired) electrons. The molecule has 20 heavy (non-hydrogen) atoms. The third-order valence-corrected chi connectivity index (χ3v) is 4.04. The highest BCUT2D eigenvalue weighted by atomic mass is 16.5. The summed E-state index contributed by atoms with van der Waals surface area (Å²) in [7, 11) is 3.51. The Morgan fingerprint density at radius 1 is 1.40 bits per heavy atom. The summed E-state index contributed by atoms with van der Waals surface area (Å²) in [5, 5.41) is 3.37. The van der Waals surface area contributed by atoms with Crippen LogP contribution in [-0.4, -0.2) is 37.0 Å². The molecule has 1 atom stereocenters. The lowest BCUT2D eigenvalue weighted by atomic mass is 9.89. The minimum absolute atomic E-state index is 0.156. The van der Waals surface area contributed by atoms with Crippen molar-refractivity contribution in [3.8, 4) is 5.75 Å². The number of rotatable bonds is 4. The number of benzene rings is 1. The van der Waals surface area contributed by atoms with Crippen LogP contribution in [0.3, 0.4) is 0 Å². The third-order valence-electron chi connectivity index (χ3n) is 4.04. The molecule has 1 aliphatic heterocycles. The van der Waals surface area contributed by atoms with Crippen molar-refractivity contribution in [2.45, 2.75) is 38.3 Å². The van der Waals surface area contributed by atoms with Gasteiger partial charge in [-0.05, 0) is 38.8 Å². The van der Waals surface area contributed by atoms with Gasteiger partial charge in [0.15, 0.2) is 0 Å². The van der Waals surface area contributed by atoms with Crippen molar-refractivity contribution >= 4 is 5.91 Å². The van der Waals surface area contributed by atoms with E-state index in [4.69, 9.17) is 4.74 Å². The van der Waals surface area contributed by atoms with Gasteiger partial charge in [-0.3, -0.25) is 4.79 Å². The van der Waals surface area contributed by atoms with E-state index in [0.717, 1.165) is 37.1 Å². The molecular weight excluding hydrogens is 252 g/mol. The van der Waals surface area contributed by atoms with E-state index < -0.39 is 5.54 Å². The second-order valence-electron chi connectivity index (χ2n) is 5.69. The predicted octanol–water partition coefficient (Wildman–Crippen LogP) is 2.19. The molecule has 1 unspecified atom stereocenters. The molecule has 1 fully saturated rings. The highest BCUT2D eigenvalue weighted by Crippen LogP contribution is 2.24. The standard InChI is InChI=1S/C16H24N2O2/c1-16(10-6-7-11-17-16)15(19)18(2)12-13-8-4-5-9-14(13)20-3/h4-5,8-9,17H,6-7,10-12H2,1-3H3. The molecule has 0 aliphatic carbocycles. The number of ether oxygens (including phenoxy) is 1. The quantitative estimate of drug-likeness (QED) is 0.916. The number of para-hydroxylation sites is 1. The number of nitrogens with one attached hydrogen (secondary N) is 1. The van der Waals surface area contributed by atoms with Gasteiger partial charge in [-0.1, -0.05) is 18.2 Å². The van der Waals surface area contributed by atoms with Gasteiger partial charge in [-0.2, -0.15) is 0 Å². The minimum atomic E-state index is -0.422. The molecule has 1 aromatic rings. The number of likely N-dealkylation sites (N-methyl/N-ethyl adjacent to an activating group) is 1. The maximum Gasteiger partial charge on any atom is 0.242 e. The Kier molecular flexibility index (Phi) is 4.65. The lowest BCUT2D eigenvalue weighted by molar-refractivity contribution is -0.137. The number of hydrogen-bond acceptors (Lipinski definition) is 3.